The van der Waals surface area contributed by atoms with E-state index >= 15 is 0 Å². The zero-order valence-corrected chi connectivity index (χ0v) is 25.8. The molecule has 3 heterocycles. The van der Waals surface area contributed by atoms with Gasteiger partial charge in [0.25, 0.3) is 0 Å². The van der Waals surface area contributed by atoms with Gasteiger partial charge in [0.1, 0.15) is 18.5 Å². The standard InChI is InChI=1S/C31H30Cl4N4O3/c32-22-4-9-27(30(35)16-22)31(20-38-11-10-36-21-38)41-19-25(42-31)18-40-24-7-5-23(6-8-24)39-14-12-37(13-15-39)17-26-28(33)2-1-3-29(26)34/h1-11,16,21,25H,12-15,17-20H2/t25-,31-/m1/s1. The Hall–Kier alpha value is -2.49. The summed E-state index contributed by atoms with van der Waals surface area (Å²) in [5.41, 5.74) is 2.86. The minimum atomic E-state index is -1.08. The SMILES string of the molecule is Clc1ccc([C@]2(Cn3ccnc3)OC[C@@H](COc3ccc(N4CCN(Cc5c(Cl)cccc5Cl)CC4)cc3)O2)c(Cl)c1. The molecule has 2 atom stereocenters. The summed E-state index contributed by atoms with van der Waals surface area (Å²) in [5, 5.41) is 2.46. The number of benzene rings is 3. The molecule has 0 radical (unpaired) electrons. The quantitative estimate of drug-likeness (QED) is 0.192. The van der Waals surface area contributed by atoms with E-state index in [4.69, 9.17) is 60.6 Å². The molecular formula is C31H30Cl4N4O3. The molecule has 0 aliphatic carbocycles. The lowest BCUT2D eigenvalue weighted by Gasteiger charge is -2.36. The molecule has 0 spiro atoms. The van der Waals surface area contributed by atoms with Crippen LogP contribution in [0.3, 0.4) is 0 Å². The highest BCUT2D eigenvalue weighted by atomic mass is 35.5. The van der Waals surface area contributed by atoms with E-state index in [9.17, 15) is 0 Å². The van der Waals surface area contributed by atoms with E-state index in [0.717, 1.165) is 49.7 Å². The Bertz CT molecular complexity index is 1480. The second-order valence-electron chi connectivity index (χ2n) is 10.4. The van der Waals surface area contributed by atoms with Crippen molar-refractivity contribution in [3.05, 3.63) is 111 Å². The Morgan fingerprint density at radius 3 is 2.36 bits per heavy atom. The van der Waals surface area contributed by atoms with Crippen molar-refractivity contribution in [1.82, 2.24) is 14.5 Å². The molecule has 7 nitrogen and oxygen atoms in total. The number of imidazole rings is 1. The highest BCUT2D eigenvalue weighted by molar-refractivity contribution is 6.36. The number of rotatable bonds is 9. The summed E-state index contributed by atoms with van der Waals surface area (Å²) in [7, 11) is 0. The molecule has 0 bridgehead atoms. The number of aromatic nitrogens is 2. The Morgan fingerprint density at radius 2 is 1.67 bits per heavy atom. The van der Waals surface area contributed by atoms with Crippen LogP contribution in [0.4, 0.5) is 5.69 Å². The van der Waals surface area contributed by atoms with Gasteiger partial charge in [-0.2, -0.15) is 0 Å². The van der Waals surface area contributed by atoms with Gasteiger partial charge in [-0.05, 0) is 48.5 Å². The van der Waals surface area contributed by atoms with Crippen LogP contribution in [0.1, 0.15) is 11.1 Å². The van der Waals surface area contributed by atoms with Crippen LogP contribution < -0.4 is 9.64 Å². The normalized spacial score (nSPS) is 21.1. The molecule has 6 rings (SSSR count). The van der Waals surface area contributed by atoms with Crippen molar-refractivity contribution in [3.8, 4) is 5.75 Å². The van der Waals surface area contributed by atoms with Crippen LogP contribution in [0.25, 0.3) is 0 Å². The first-order valence-electron chi connectivity index (χ1n) is 13.7. The fourth-order valence-electron chi connectivity index (χ4n) is 5.39. The van der Waals surface area contributed by atoms with Crippen LogP contribution >= 0.6 is 46.4 Å². The highest BCUT2D eigenvalue weighted by Gasteiger charge is 2.45. The van der Waals surface area contributed by atoms with Crippen LogP contribution in [0.5, 0.6) is 5.75 Å². The first-order chi connectivity index (χ1) is 20.4. The van der Waals surface area contributed by atoms with Gasteiger partial charge in [0, 0.05) is 77.0 Å². The number of anilines is 1. The number of ether oxygens (including phenoxy) is 3. The molecule has 0 N–H and O–H groups in total. The van der Waals surface area contributed by atoms with Crippen molar-refractivity contribution >= 4 is 52.1 Å². The topological polar surface area (TPSA) is 52.0 Å². The third-order valence-corrected chi connectivity index (χ3v) is 8.86. The Balaban J connectivity index is 1.04. The molecule has 11 heteroatoms. The molecule has 0 amide bonds. The maximum absolute atomic E-state index is 6.58. The summed E-state index contributed by atoms with van der Waals surface area (Å²) in [4.78, 5) is 8.91. The number of halogens is 4. The second-order valence-corrected chi connectivity index (χ2v) is 12.1. The average molecular weight is 648 g/mol. The molecule has 1 aromatic heterocycles. The number of piperazine rings is 1. The van der Waals surface area contributed by atoms with Gasteiger partial charge in [-0.25, -0.2) is 4.98 Å². The summed E-state index contributed by atoms with van der Waals surface area (Å²) in [6.45, 7) is 5.52. The maximum atomic E-state index is 6.58. The minimum absolute atomic E-state index is 0.292. The maximum Gasteiger partial charge on any atom is 0.215 e. The molecule has 4 aromatic rings. The number of nitrogens with zero attached hydrogens (tertiary/aromatic N) is 4. The molecule has 220 valence electrons. The van der Waals surface area contributed by atoms with Gasteiger partial charge >= 0.3 is 0 Å². The van der Waals surface area contributed by atoms with Gasteiger partial charge in [-0.3, -0.25) is 4.90 Å². The molecule has 0 saturated carbocycles. The zero-order chi connectivity index (χ0) is 29.1. The first kappa shape index (κ1) is 29.6. The predicted octanol–water partition coefficient (Wildman–Crippen LogP) is 7.17. The molecule has 0 unspecified atom stereocenters. The van der Waals surface area contributed by atoms with Crippen molar-refractivity contribution in [2.45, 2.75) is 25.0 Å². The van der Waals surface area contributed by atoms with Crippen LogP contribution in [0, 0.1) is 0 Å². The van der Waals surface area contributed by atoms with E-state index < -0.39 is 5.79 Å². The van der Waals surface area contributed by atoms with Gasteiger partial charge < -0.3 is 23.7 Å². The minimum Gasteiger partial charge on any atom is -0.491 e. The van der Waals surface area contributed by atoms with Crippen LogP contribution in [-0.4, -0.2) is 59.9 Å². The number of hydrogen-bond acceptors (Lipinski definition) is 6. The van der Waals surface area contributed by atoms with E-state index in [2.05, 4.69) is 26.9 Å². The molecule has 3 aromatic carbocycles. The lowest BCUT2D eigenvalue weighted by Crippen LogP contribution is -2.46. The third kappa shape index (κ3) is 6.68. The van der Waals surface area contributed by atoms with Crippen molar-refractivity contribution < 1.29 is 14.2 Å². The summed E-state index contributed by atoms with van der Waals surface area (Å²) < 4.78 is 20.8. The largest absolute Gasteiger partial charge is 0.491 e. The smallest absolute Gasteiger partial charge is 0.215 e. The summed E-state index contributed by atoms with van der Waals surface area (Å²) in [5.74, 6) is -0.314. The summed E-state index contributed by atoms with van der Waals surface area (Å²) >= 11 is 25.5. The van der Waals surface area contributed by atoms with Crippen molar-refractivity contribution in [1.29, 1.82) is 0 Å². The van der Waals surface area contributed by atoms with Gasteiger partial charge in [-0.1, -0.05) is 58.5 Å². The fraction of sp³-hybridized carbons (Fsp3) is 0.323. The van der Waals surface area contributed by atoms with Crippen molar-refractivity contribution in [2.24, 2.45) is 0 Å². The fourth-order valence-corrected chi connectivity index (χ4v) is 6.46. The highest BCUT2D eigenvalue weighted by Crippen LogP contribution is 2.40. The molecule has 2 aliphatic heterocycles. The molecule has 2 saturated heterocycles. The predicted molar refractivity (Wildman–Crippen MR) is 167 cm³/mol. The second kappa shape index (κ2) is 13.0. The van der Waals surface area contributed by atoms with Crippen molar-refractivity contribution in [3.63, 3.8) is 0 Å². The monoisotopic (exact) mass is 646 g/mol. The van der Waals surface area contributed by atoms with E-state index in [0.29, 0.717) is 45.4 Å². The summed E-state index contributed by atoms with van der Waals surface area (Å²) in [6, 6.07) is 19.2. The number of hydrogen-bond donors (Lipinski definition) is 0. The van der Waals surface area contributed by atoms with E-state index in [1.54, 1.807) is 24.7 Å². The Morgan fingerprint density at radius 1 is 0.905 bits per heavy atom. The Kier molecular flexibility index (Phi) is 9.17. The van der Waals surface area contributed by atoms with Gasteiger partial charge in [0.2, 0.25) is 5.79 Å². The van der Waals surface area contributed by atoms with Crippen LogP contribution in [0.2, 0.25) is 20.1 Å². The lowest BCUT2D eigenvalue weighted by molar-refractivity contribution is -0.189. The Labute approximate surface area is 265 Å². The van der Waals surface area contributed by atoms with Crippen LogP contribution in [0.15, 0.2) is 79.4 Å². The van der Waals surface area contributed by atoms with E-state index in [-0.39, 0.29) is 6.10 Å². The van der Waals surface area contributed by atoms with Gasteiger partial charge in [0.15, 0.2) is 0 Å². The van der Waals surface area contributed by atoms with Crippen molar-refractivity contribution in [2.75, 3.05) is 44.3 Å². The third-order valence-electron chi connectivity index (χ3n) is 7.60. The van der Waals surface area contributed by atoms with Gasteiger partial charge in [-0.15, -0.1) is 0 Å². The average Bonchev–Trinajstić information content (AvgIpc) is 3.65. The van der Waals surface area contributed by atoms with E-state index in [1.807, 2.05) is 47.2 Å². The van der Waals surface area contributed by atoms with Crippen LogP contribution in [-0.2, 0) is 28.4 Å². The lowest BCUT2D eigenvalue weighted by atomic mass is 10.1. The first-order valence-corrected chi connectivity index (χ1v) is 15.3. The van der Waals surface area contributed by atoms with E-state index in [1.165, 1.54) is 0 Å². The van der Waals surface area contributed by atoms with Gasteiger partial charge in [0.05, 0.1) is 24.5 Å². The zero-order valence-electron chi connectivity index (χ0n) is 22.8. The summed E-state index contributed by atoms with van der Waals surface area (Å²) in [6.07, 6.45) is 5.00. The molecule has 2 aliphatic rings. The molecule has 42 heavy (non-hydrogen) atoms. The molecule has 2 fully saturated rings. The molecular weight excluding hydrogens is 618 g/mol.